The summed E-state index contributed by atoms with van der Waals surface area (Å²) in [5, 5.41) is 3.18. The van der Waals surface area contributed by atoms with Crippen LogP contribution in [0.3, 0.4) is 0 Å². The van der Waals surface area contributed by atoms with E-state index in [1.54, 1.807) is 0 Å². The smallest absolute Gasteiger partial charge is 0.222 e. The Labute approximate surface area is 99.2 Å². The van der Waals surface area contributed by atoms with Gasteiger partial charge in [-0.15, -0.1) is 0 Å². The van der Waals surface area contributed by atoms with E-state index in [0.29, 0.717) is 6.42 Å². The number of amides is 1. The van der Waals surface area contributed by atoms with Crippen molar-refractivity contribution in [1.82, 2.24) is 5.32 Å². The maximum Gasteiger partial charge on any atom is 0.222 e. The number of rotatable bonds is 6. The SMILES string of the molecule is CCC(CC)(CC)NC(=O)CC1(N)CCC1. The molecule has 0 spiro atoms. The molecule has 3 nitrogen and oxygen atoms in total. The first-order valence-electron chi connectivity index (χ1n) is 6.59. The summed E-state index contributed by atoms with van der Waals surface area (Å²) < 4.78 is 0. The molecule has 1 rings (SSSR count). The lowest BCUT2D eigenvalue weighted by Crippen LogP contribution is -2.54. The van der Waals surface area contributed by atoms with E-state index in [1.807, 2.05) is 0 Å². The van der Waals surface area contributed by atoms with Gasteiger partial charge in [0.1, 0.15) is 0 Å². The fourth-order valence-corrected chi connectivity index (χ4v) is 2.48. The van der Waals surface area contributed by atoms with Crippen LogP contribution in [0, 0.1) is 0 Å². The van der Waals surface area contributed by atoms with Gasteiger partial charge in [0.05, 0.1) is 0 Å². The summed E-state index contributed by atoms with van der Waals surface area (Å²) in [6, 6.07) is 0. The van der Waals surface area contributed by atoms with Gasteiger partial charge in [-0.2, -0.15) is 0 Å². The van der Waals surface area contributed by atoms with Crippen LogP contribution in [0.2, 0.25) is 0 Å². The van der Waals surface area contributed by atoms with Gasteiger partial charge in [-0.25, -0.2) is 0 Å². The van der Waals surface area contributed by atoms with Crippen molar-refractivity contribution >= 4 is 5.91 Å². The minimum atomic E-state index is -0.203. The number of carbonyl (C=O) groups excluding carboxylic acids is 1. The fourth-order valence-electron chi connectivity index (χ4n) is 2.48. The number of nitrogens with two attached hydrogens (primary N) is 1. The molecule has 94 valence electrons. The molecule has 0 unspecified atom stereocenters. The molecule has 1 fully saturated rings. The molecule has 0 saturated heterocycles. The Hall–Kier alpha value is -0.570. The van der Waals surface area contributed by atoms with Gasteiger partial charge >= 0.3 is 0 Å². The minimum Gasteiger partial charge on any atom is -0.351 e. The molecule has 0 aromatic heterocycles. The quantitative estimate of drug-likeness (QED) is 0.730. The Bertz CT molecular complexity index is 234. The average Bonchev–Trinajstić information content (AvgIpc) is 2.24. The predicted molar refractivity (Wildman–Crippen MR) is 67.1 cm³/mol. The van der Waals surface area contributed by atoms with Gasteiger partial charge in [-0.05, 0) is 38.5 Å². The highest BCUT2D eigenvalue weighted by molar-refractivity contribution is 5.78. The lowest BCUT2D eigenvalue weighted by atomic mass is 9.75. The van der Waals surface area contributed by atoms with Crippen molar-refractivity contribution in [3.63, 3.8) is 0 Å². The van der Waals surface area contributed by atoms with Gasteiger partial charge in [0.25, 0.3) is 0 Å². The van der Waals surface area contributed by atoms with Crippen LogP contribution >= 0.6 is 0 Å². The molecule has 0 aromatic rings. The van der Waals surface area contributed by atoms with Crippen molar-refractivity contribution in [2.75, 3.05) is 0 Å². The first-order chi connectivity index (χ1) is 7.49. The van der Waals surface area contributed by atoms with Crippen molar-refractivity contribution in [3.05, 3.63) is 0 Å². The molecular formula is C13H26N2O. The molecule has 3 N–H and O–H groups in total. The van der Waals surface area contributed by atoms with E-state index in [9.17, 15) is 4.79 Å². The minimum absolute atomic E-state index is 0.0167. The summed E-state index contributed by atoms with van der Waals surface area (Å²) in [5.41, 5.74) is 5.87. The van der Waals surface area contributed by atoms with E-state index in [2.05, 4.69) is 26.1 Å². The molecule has 16 heavy (non-hydrogen) atoms. The van der Waals surface area contributed by atoms with E-state index in [0.717, 1.165) is 32.1 Å². The number of nitrogens with one attached hydrogen (secondary N) is 1. The van der Waals surface area contributed by atoms with E-state index < -0.39 is 0 Å². The zero-order chi connectivity index (χ0) is 12.2. The highest BCUT2D eigenvalue weighted by atomic mass is 16.1. The third-order valence-electron chi connectivity index (χ3n) is 4.30. The van der Waals surface area contributed by atoms with Gasteiger partial charge < -0.3 is 11.1 Å². The highest BCUT2D eigenvalue weighted by Gasteiger charge is 2.36. The number of carbonyl (C=O) groups is 1. The number of hydrogen-bond acceptors (Lipinski definition) is 2. The average molecular weight is 226 g/mol. The van der Waals surface area contributed by atoms with Crippen LogP contribution in [0.1, 0.15) is 65.7 Å². The molecule has 0 bridgehead atoms. The predicted octanol–water partition coefficient (Wildman–Crippen LogP) is 2.34. The summed E-state index contributed by atoms with van der Waals surface area (Å²) in [6.07, 6.45) is 6.63. The largest absolute Gasteiger partial charge is 0.351 e. The van der Waals surface area contributed by atoms with Gasteiger partial charge in [0, 0.05) is 17.5 Å². The molecule has 3 heteroatoms. The van der Waals surface area contributed by atoms with E-state index >= 15 is 0 Å². The van der Waals surface area contributed by atoms with Crippen molar-refractivity contribution in [2.24, 2.45) is 5.73 Å². The Morgan fingerprint density at radius 3 is 2.06 bits per heavy atom. The lowest BCUT2D eigenvalue weighted by Gasteiger charge is -2.39. The van der Waals surface area contributed by atoms with Crippen LogP contribution in [0.25, 0.3) is 0 Å². The highest BCUT2D eigenvalue weighted by Crippen LogP contribution is 2.32. The standard InChI is InChI=1S/C13H26N2O/c1-4-13(5-2,6-3)15-11(16)10-12(14)8-7-9-12/h4-10,14H2,1-3H3,(H,15,16). The molecule has 1 aliphatic carbocycles. The molecule has 0 atom stereocenters. The first-order valence-corrected chi connectivity index (χ1v) is 6.59. The Morgan fingerprint density at radius 1 is 1.25 bits per heavy atom. The van der Waals surface area contributed by atoms with E-state index in [1.165, 1.54) is 6.42 Å². The van der Waals surface area contributed by atoms with Crippen LogP contribution < -0.4 is 11.1 Å². The van der Waals surface area contributed by atoms with E-state index in [-0.39, 0.29) is 17.0 Å². The van der Waals surface area contributed by atoms with Crippen LogP contribution in [-0.2, 0) is 4.79 Å². The van der Waals surface area contributed by atoms with Gasteiger partial charge in [0.2, 0.25) is 5.91 Å². The monoisotopic (exact) mass is 226 g/mol. The second-order valence-electron chi connectivity index (χ2n) is 5.28. The van der Waals surface area contributed by atoms with Gasteiger partial charge in [0.15, 0.2) is 0 Å². The molecule has 1 amide bonds. The summed E-state index contributed by atoms with van der Waals surface area (Å²) in [6.45, 7) is 6.40. The molecule has 1 saturated carbocycles. The summed E-state index contributed by atoms with van der Waals surface area (Å²) in [4.78, 5) is 12.0. The topological polar surface area (TPSA) is 55.1 Å². The van der Waals surface area contributed by atoms with Crippen LogP contribution in [-0.4, -0.2) is 17.0 Å². The van der Waals surface area contributed by atoms with Gasteiger partial charge in [-0.1, -0.05) is 20.8 Å². The molecule has 0 heterocycles. The molecule has 0 radical (unpaired) electrons. The zero-order valence-corrected chi connectivity index (χ0v) is 10.9. The second kappa shape index (κ2) is 5.17. The van der Waals surface area contributed by atoms with Crippen molar-refractivity contribution in [3.8, 4) is 0 Å². The van der Waals surface area contributed by atoms with Crippen LogP contribution in [0.5, 0.6) is 0 Å². The Kier molecular flexibility index (Phi) is 4.36. The second-order valence-corrected chi connectivity index (χ2v) is 5.28. The Morgan fingerprint density at radius 2 is 1.75 bits per heavy atom. The lowest BCUT2D eigenvalue weighted by molar-refractivity contribution is -0.125. The van der Waals surface area contributed by atoms with Gasteiger partial charge in [-0.3, -0.25) is 4.79 Å². The maximum atomic E-state index is 12.0. The molecule has 0 aliphatic heterocycles. The third kappa shape index (κ3) is 2.97. The van der Waals surface area contributed by atoms with Crippen molar-refractivity contribution in [2.45, 2.75) is 76.8 Å². The van der Waals surface area contributed by atoms with Crippen LogP contribution in [0.4, 0.5) is 0 Å². The maximum absolute atomic E-state index is 12.0. The molecule has 1 aliphatic rings. The zero-order valence-electron chi connectivity index (χ0n) is 10.9. The summed E-state index contributed by atoms with van der Waals surface area (Å²) in [7, 11) is 0. The normalized spacial score (nSPS) is 19.0. The van der Waals surface area contributed by atoms with Crippen molar-refractivity contribution < 1.29 is 4.79 Å². The molecule has 0 aromatic carbocycles. The fraction of sp³-hybridized carbons (Fsp3) is 0.923. The molecular weight excluding hydrogens is 200 g/mol. The van der Waals surface area contributed by atoms with Crippen molar-refractivity contribution in [1.29, 1.82) is 0 Å². The first kappa shape index (κ1) is 13.5. The van der Waals surface area contributed by atoms with Crippen LogP contribution in [0.15, 0.2) is 0 Å². The summed E-state index contributed by atoms with van der Waals surface area (Å²) in [5.74, 6) is 0.132. The third-order valence-corrected chi connectivity index (χ3v) is 4.30. The summed E-state index contributed by atoms with van der Waals surface area (Å²) >= 11 is 0. The number of hydrogen-bond donors (Lipinski definition) is 2. The van der Waals surface area contributed by atoms with E-state index in [4.69, 9.17) is 5.73 Å². The Balaban J connectivity index is 2.48.